The lowest BCUT2D eigenvalue weighted by Crippen LogP contribution is -2.54. The van der Waals surface area contributed by atoms with Crippen LogP contribution in [-0.2, 0) is 0 Å². The maximum Gasteiger partial charge on any atom is 0.0434 e. The van der Waals surface area contributed by atoms with Gasteiger partial charge in [-0.25, -0.2) is 0 Å². The summed E-state index contributed by atoms with van der Waals surface area (Å²) in [6.45, 7) is 10.9. The molecule has 84 valence electrons. The van der Waals surface area contributed by atoms with Crippen LogP contribution in [0.3, 0.4) is 0 Å². The fourth-order valence-electron chi connectivity index (χ4n) is 2.58. The third-order valence-electron chi connectivity index (χ3n) is 3.05. The summed E-state index contributed by atoms with van der Waals surface area (Å²) in [5.41, 5.74) is 0.538. The first-order valence-corrected chi connectivity index (χ1v) is 5.90. The monoisotopic (exact) mass is 199 g/mol. The van der Waals surface area contributed by atoms with Gasteiger partial charge in [0.15, 0.2) is 0 Å². The molecular formula is C12H25NO. The van der Waals surface area contributed by atoms with Crippen LogP contribution in [0.2, 0.25) is 0 Å². The highest BCUT2D eigenvalue weighted by atomic mass is 16.3. The van der Waals surface area contributed by atoms with Crippen molar-refractivity contribution in [1.82, 2.24) is 4.90 Å². The maximum absolute atomic E-state index is 8.95. The zero-order valence-corrected chi connectivity index (χ0v) is 9.92. The normalized spacial score (nSPS) is 23.1. The van der Waals surface area contributed by atoms with Crippen LogP contribution in [0.25, 0.3) is 0 Å². The minimum Gasteiger partial charge on any atom is -0.396 e. The van der Waals surface area contributed by atoms with Crippen molar-refractivity contribution in [3.63, 3.8) is 0 Å². The first-order valence-electron chi connectivity index (χ1n) is 5.90. The number of hydrogen-bond acceptors (Lipinski definition) is 2. The molecule has 2 nitrogen and oxygen atoms in total. The van der Waals surface area contributed by atoms with E-state index in [-0.39, 0.29) is 0 Å². The standard InChI is InChI=1S/C12H25NO/c1-4-5-11(6-7-14)8-13-9-12(2,3)10-13/h11,14H,4-10H2,1-3H3. The molecule has 1 rings (SSSR count). The van der Waals surface area contributed by atoms with E-state index in [9.17, 15) is 0 Å². The summed E-state index contributed by atoms with van der Waals surface area (Å²) in [5.74, 6) is 0.709. The summed E-state index contributed by atoms with van der Waals surface area (Å²) in [7, 11) is 0. The van der Waals surface area contributed by atoms with Crippen LogP contribution < -0.4 is 0 Å². The molecule has 0 saturated carbocycles. The maximum atomic E-state index is 8.95. The Bertz CT molecular complexity index is 154. The van der Waals surface area contributed by atoms with Crippen molar-refractivity contribution in [2.45, 2.75) is 40.0 Å². The van der Waals surface area contributed by atoms with Crippen molar-refractivity contribution in [1.29, 1.82) is 0 Å². The fourth-order valence-corrected chi connectivity index (χ4v) is 2.58. The largest absolute Gasteiger partial charge is 0.396 e. The summed E-state index contributed by atoms with van der Waals surface area (Å²) in [6, 6.07) is 0. The molecule has 0 bridgehead atoms. The molecule has 1 fully saturated rings. The SMILES string of the molecule is CCCC(CCO)CN1CC(C)(C)C1. The molecule has 0 spiro atoms. The Labute approximate surface area is 88.3 Å². The van der Waals surface area contributed by atoms with Gasteiger partial charge in [-0.1, -0.05) is 27.2 Å². The Morgan fingerprint density at radius 3 is 2.36 bits per heavy atom. The summed E-state index contributed by atoms with van der Waals surface area (Å²) in [5, 5.41) is 8.95. The molecular weight excluding hydrogens is 174 g/mol. The molecule has 2 heteroatoms. The van der Waals surface area contributed by atoms with E-state index in [0.29, 0.717) is 17.9 Å². The van der Waals surface area contributed by atoms with Crippen molar-refractivity contribution in [3.05, 3.63) is 0 Å². The Morgan fingerprint density at radius 2 is 1.93 bits per heavy atom. The zero-order valence-electron chi connectivity index (χ0n) is 9.92. The first-order chi connectivity index (χ1) is 6.57. The highest BCUT2D eigenvalue weighted by molar-refractivity contribution is 4.88. The summed E-state index contributed by atoms with van der Waals surface area (Å²) in [4.78, 5) is 2.52. The molecule has 0 aromatic rings. The Morgan fingerprint density at radius 1 is 1.29 bits per heavy atom. The van der Waals surface area contributed by atoms with Gasteiger partial charge in [0.1, 0.15) is 0 Å². The Balaban J connectivity index is 2.20. The number of nitrogens with zero attached hydrogens (tertiary/aromatic N) is 1. The molecule has 0 aromatic carbocycles. The second-order valence-corrected chi connectivity index (χ2v) is 5.50. The predicted octanol–water partition coefficient (Wildman–Crippen LogP) is 2.13. The van der Waals surface area contributed by atoms with Gasteiger partial charge in [0.05, 0.1) is 0 Å². The van der Waals surface area contributed by atoms with Gasteiger partial charge in [0.25, 0.3) is 0 Å². The van der Waals surface area contributed by atoms with Gasteiger partial charge in [-0.05, 0) is 24.2 Å². The average molecular weight is 199 g/mol. The third kappa shape index (κ3) is 3.58. The van der Waals surface area contributed by atoms with E-state index in [1.54, 1.807) is 0 Å². The molecule has 0 amide bonds. The van der Waals surface area contributed by atoms with Gasteiger partial charge in [-0.2, -0.15) is 0 Å². The van der Waals surface area contributed by atoms with E-state index >= 15 is 0 Å². The lowest BCUT2D eigenvalue weighted by atomic mass is 9.83. The van der Waals surface area contributed by atoms with Gasteiger partial charge in [0, 0.05) is 26.2 Å². The highest BCUT2D eigenvalue weighted by Gasteiger charge is 2.34. The second-order valence-electron chi connectivity index (χ2n) is 5.50. The van der Waals surface area contributed by atoms with Crippen molar-refractivity contribution in [2.24, 2.45) is 11.3 Å². The molecule has 1 atom stereocenters. The van der Waals surface area contributed by atoms with Crippen LogP contribution in [0.4, 0.5) is 0 Å². The second kappa shape index (κ2) is 5.13. The van der Waals surface area contributed by atoms with Crippen molar-refractivity contribution in [2.75, 3.05) is 26.2 Å². The van der Waals surface area contributed by atoms with Gasteiger partial charge in [-0.3, -0.25) is 0 Å². The van der Waals surface area contributed by atoms with Crippen LogP contribution in [0.15, 0.2) is 0 Å². The van der Waals surface area contributed by atoms with E-state index in [0.717, 1.165) is 6.42 Å². The number of aliphatic hydroxyl groups is 1. The van der Waals surface area contributed by atoms with Crippen LogP contribution >= 0.6 is 0 Å². The summed E-state index contributed by atoms with van der Waals surface area (Å²) in [6.07, 6.45) is 3.48. The van der Waals surface area contributed by atoms with Crippen LogP contribution in [0.5, 0.6) is 0 Å². The lowest BCUT2D eigenvalue weighted by molar-refractivity contribution is 0.0140. The molecule has 1 unspecified atom stereocenters. The van der Waals surface area contributed by atoms with Gasteiger partial charge < -0.3 is 10.0 Å². The first kappa shape index (κ1) is 12.0. The average Bonchev–Trinajstić information content (AvgIpc) is 2.01. The van der Waals surface area contributed by atoms with Gasteiger partial charge >= 0.3 is 0 Å². The predicted molar refractivity (Wildman–Crippen MR) is 60.3 cm³/mol. The fraction of sp³-hybridized carbons (Fsp3) is 1.00. The number of rotatable bonds is 6. The molecule has 14 heavy (non-hydrogen) atoms. The highest BCUT2D eigenvalue weighted by Crippen LogP contribution is 2.30. The third-order valence-corrected chi connectivity index (χ3v) is 3.05. The number of likely N-dealkylation sites (tertiary alicyclic amines) is 1. The van der Waals surface area contributed by atoms with Crippen LogP contribution in [0, 0.1) is 11.3 Å². The molecule has 0 radical (unpaired) electrons. The molecule has 1 heterocycles. The lowest BCUT2D eigenvalue weighted by Gasteiger charge is -2.47. The summed E-state index contributed by atoms with van der Waals surface area (Å²) < 4.78 is 0. The topological polar surface area (TPSA) is 23.5 Å². The smallest absolute Gasteiger partial charge is 0.0434 e. The molecule has 1 aliphatic rings. The van der Waals surface area contributed by atoms with Gasteiger partial charge in [0.2, 0.25) is 0 Å². The minimum atomic E-state index is 0.349. The quantitative estimate of drug-likeness (QED) is 0.708. The zero-order chi connectivity index (χ0) is 10.6. The number of hydrogen-bond donors (Lipinski definition) is 1. The molecule has 0 aliphatic carbocycles. The molecule has 0 aromatic heterocycles. The van der Waals surface area contributed by atoms with Crippen molar-refractivity contribution < 1.29 is 5.11 Å². The number of aliphatic hydroxyl groups excluding tert-OH is 1. The van der Waals surface area contributed by atoms with Gasteiger partial charge in [-0.15, -0.1) is 0 Å². The van der Waals surface area contributed by atoms with E-state index in [2.05, 4.69) is 25.7 Å². The Kier molecular flexibility index (Phi) is 4.39. The molecule has 1 N–H and O–H groups in total. The van der Waals surface area contributed by atoms with Crippen molar-refractivity contribution in [3.8, 4) is 0 Å². The van der Waals surface area contributed by atoms with E-state index < -0.39 is 0 Å². The molecule has 1 saturated heterocycles. The van der Waals surface area contributed by atoms with E-state index in [4.69, 9.17) is 5.11 Å². The van der Waals surface area contributed by atoms with E-state index in [1.807, 2.05) is 0 Å². The summed E-state index contributed by atoms with van der Waals surface area (Å²) >= 11 is 0. The molecule has 1 aliphatic heterocycles. The van der Waals surface area contributed by atoms with Crippen LogP contribution in [0.1, 0.15) is 40.0 Å². The van der Waals surface area contributed by atoms with Crippen LogP contribution in [-0.4, -0.2) is 36.2 Å². The Hall–Kier alpha value is -0.0800. The minimum absolute atomic E-state index is 0.349. The van der Waals surface area contributed by atoms with Crippen molar-refractivity contribution >= 4 is 0 Å². The van der Waals surface area contributed by atoms with E-state index in [1.165, 1.54) is 32.5 Å².